The van der Waals surface area contributed by atoms with E-state index in [2.05, 4.69) is 517 Å². The third-order valence-corrected chi connectivity index (χ3v) is 32.0. The molecule has 4 heterocycles. The van der Waals surface area contributed by atoms with Crippen molar-refractivity contribution < 1.29 is 17.7 Å². The monoisotopic (exact) mass is 1860 g/mol. The van der Waals surface area contributed by atoms with Gasteiger partial charge in [-0.15, -0.1) is 0 Å². The van der Waals surface area contributed by atoms with Gasteiger partial charge < -0.3 is 37.3 Å². The molecule has 0 fully saturated rings. The zero-order chi connectivity index (χ0) is 95.3. The number of hydrogen-bond donors (Lipinski definition) is 0. The highest BCUT2D eigenvalue weighted by Gasteiger charge is 2.57. The summed E-state index contributed by atoms with van der Waals surface area (Å²) < 4.78 is 29.8. The summed E-state index contributed by atoms with van der Waals surface area (Å²) in [7, 11) is 0. The lowest BCUT2D eigenvalue weighted by Crippen LogP contribution is -2.26. The molecule has 0 saturated carbocycles. The molecule has 0 saturated heterocycles. The summed E-state index contributed by atoms with van der Waals surface area (Å²) in [6.45, 7) is 0. The molecular weight excluding hydrogens is 1780 g/mol. The molecule has 678 valence electrons. The minimum atomic E-state index is -0.908. The quantitative estimate of drug-likeness (QED) is 0.113. The first-order valence-corrected chi connectivity index (χ1v) is 50.2. The van der Waals surface area contributed by atoms with Crippen LogP contribution in [0.2, 0.25) is 0 Å². The molecule has 0 radical (unpaired) electrons. The zero-order valence-electron chi connectivity index (χ0n) is 78.8. The van der Waals surface area contributed by atoms with Gasteiger partial charge in [-0.1, -0.05) is 322 Å². The van der Waals surface area contributed by atoms with E-state index in [4.69, 9.17) is 17.7 Å². The maximum atomic E-state index is 7.68. The summed E-state index contributed by atoms with van der Waals surface area (Å²) in [5, 5.41) is 16.9. The standard InChI is InChI=1S/C138H82N4O4/c1-7-39-85(40-8-1)139(86-41-9-2-10-42-86)93-69-71-102-110(77-93)136-129(105-60-26-34-68-123(105)146-136)131-126-109-80-124-108(100-58-24-31-65-120(100)143-124)79-107(109)118(81-116(126)137(133(102)131)112-61-27-19-53-95(112)96-54-20-28-62-113(96)137)142(90-49-17-6-18-50-90)92-52-36-38-84(76-92)83-37-35-51-91(75-83)140(87-43-11-3-12-44-87)94-70-72-101-111(78-94)135-128(104-59-25-33-67-122(104)145-135)130-125-106-74-73-103-99-57-23-32-66-121(99)144-134(103)127(106)119(141(88-45-13-4-14-46-88)89-47-15-5-16-48-89)82-117(125)138(132(101)130)114-63-29-21-55-97(114)98-56-22-30-64-115(98)138/h1-82H. The van der Waals surface area contributed by atoms with Crippen LogP contribution in [0.25, 0.3) is 186 Å². The van der Waals surface area contributed by atoms with Gasteiger partial charge in [0.2, 0.25) is 0 Å². The van der Waals surface area contributed by atoms with Crippen molar-refractivity contribution in [2.24, 2.45) is 0 Å². The fourth-order valence-electron chi connectivity index (χ4n) is 26.4. The Morgan fingerprint density at radius 3 is 0.911 bits per heavy atom. The van der Waals surface area contributed by atoms with Gasteiger partial charge in [0.1, 0.15) is 44.7 Å². The van der Waals surface area contributed by atoms with Crippen LogP contribution in [0.1, 0.15) is 44.5 Å². The number of rotatable bonds is 13. The van der Waals surface area contributed by atoms with Crippen molar-refractivity contribution in [2.45, 2.75) is 10.8 Å². The smallest absolute Gasteiger partial charge is 0.145 e. The van der Waals surface area contributed by atoms with Gasteiger partial charge in [-0.2, -0.15) is 0 Å². The second-order valence-corrected chi connectivity index (χ2v) is 39.3. The largest absolute Gasteiger partial charge is 0.456 e. The normalized spacial score (nSPS) is 13.2. The van der Waals surface area contributed by atoms with Gasteiger partial charge >= 0.3 is 0 Å². The maximum Gasteiger partial charge on any atom is 0.145 e. The molecular formula is C138H82N4O4. The molecule has 0 aliphatic heterocycles. The second-order valence-electron chi connectivity index (χ2n) is 39.3. The van der Waals surface area contributed by atoms with Gasteiger partial charge in [-0.25, -0.2) is 0 Å². The number of fused-ring (bicyclic) bond motifs is 45. The Bertz CT molecular complexity index is 10300. The summed E-state index contributed by atoms with van der Waals surface area (Å²) >= 11 is 0. The van der Waals surface area contributed by atoms with Crippen LogP contribution in [0.4, 0.5) is 68.2 Å². The summed E-state index contributed by atoms with van der Waals surface area (Å²) in [6.07, 6.45) is 0. The summed E-state index contributed by atoms with van der Waals surface area (Å²) in [5.74, 6) is 0. The molecule has 0 N–H and O–H groups in total. The molecule has 0 bridgehead atoms. The van der Waals surface area contributed by atoms with E-state index in [1.54, 1.807) is 0 Å². The van der Waals surface area contributed by atoms with Crippen LogP contribution in [0, 0.1) is 0 Å². The molecule has 4 aliphatic carbocycles. The summed E-state index contributed by atoms with van der Waals surface area (Å²) in [4.78, 5) is 9.79. The van der Waals surface area contributed by atoms with E-state index in [0.717, 1.165) is 232 Å². The highest BCUT2D eigenvalue weighted by molar-refractivity contribution is 6.34. The summed E-state index contributed by atoms with van der Waals surface area (Å²) in [6, 6.07) is 184. The number of para-hydroxylation sites is 10. The van der Waals surface area contributed by atoms with Gasteiger partial charge in [-0.3, -0.25) is 0 Å². The second kappa shape index (κ2) is 30.6. The average Bonchev–Trinajstić information content (AvgIpc) is 1.48. The third kappa shape index (κ3) is 11.0. The summed E-state index contributed by atoms with van der Waals surface area (Å²) in [5.41, 5.74) is 38.2. The Morgan fingerprint density at radius 2 is 0.466 bits per heavy atom. The first-order valence-electron chi connectivity index (χ1n) is 50.2. The van der Waals surface area contributed by atoms with Gasteiger partial charge in [0, 0.05) is 122 Å². The lowest BCUT2D eigenvalue weighted by Gasteiger charge is -2.34. The molecule has 0 atom stereocenters. The predicted octanol–water partition coefficient (Wildman–Crippen LogP) is 38.1. The van der Waals surface area contributed by atoms with E-state index >= 15 is 0 Å². The van der Waals surface area contributed by atoms with E-state index in [9.17, 15) is 0 Å². The van der Waals surface area contributed by atoms with Crippen LogP contribution in [-0.2, 0) is 10.8 Å². The van der Waals surface area contributed by atoms with Gasteiger partial charge in [-0.05, 0) is 298 Å². The Kier molecular flexibility index (Phi) is 16.9. The SMILES string of the molecule is c1ccc(N(c2ccccc2)c2ccc3c4c(c5c6ccccc6oc5c3c2)-c2c(cc(N(c3ccccc3)c3cccc(-c5cccc(N(c6ccccc6)c6ccc7c8c(c9c%10ccccc%10oc9c7c6)-c6c(cc(N(c7ccccc7)c7ccccc7)c7c6ccc6c9ccccc9oc67)C86c7ccccc7-c7ccccc76)c5)c3)c3cc5c(cc23)oc2ccccc25)C42c3ccccc3-c3ccccc32)cc1. The van der Waals surface area contributed by atoms with E-state index in [-0.39, 0.29) is 0 Å². The first-order chi connectivity index (χ1) is 72.5. The van der Waals surface area contributed by atoms with Crippen molar-refractivity contribution in [1.29, 1.82) is 0 Å². The molecule has 4 aromatic heterocycles. The molecule has 8 heteroatoms. The lowest BCUT2D eigenvalue weighted by molar-refractivity contribution is 0.669. The van der Waals surface area contributed by atoms with Crippen molar-refractivity contribution in [1.82, 2.24) is 0 Å². The third-order valence-electron chi connectivity index (χ3n) is 32.0. The molecule has 146 heavy (non-hydrogen) atoms. The van der Waals surface area contributed by atoms with Gasteiger partial charge in [0.25, 0.3) is 0 Å². The first kappa shape index (κ1) is 80.5. The van der Waals surface area contributed by atoms with Crippen LogP contribution in [0.3, 0.4) is 0 Å². The Hall–Kier alpha value is -19.3. The van der Waals surface area contributed by atoms with Crippen molar-refractivity contribution in [2.75, 3.05) is 19.6 Å². The molecule has 24 aromatic carbocycles. The number of furan rings is 4. The van der Waals surface area contributed by atoms with Crippen molar-refractivity contribution in [3.8, 4) is 55.6 Å². The zero-order valence-corrected chi connectivity index (χ0v) is 78.8. The van der Waals surface area contributed by atoms with Crippen LogP contribution in [0.5, 0.6) is 0 Å². The molecule has 0 amide bonds. The fourth-order valence-corrected chi connectivity index (χ4v) is 26.4. The van der Waals surface area contributed by atoms with Crippen molar-refractivity contribution in [3.05, 3.63) is 542 Å². The van der Waals surface area contributed by atoms with Crippen LogP contribution < -0.4 is 19.6 Å². The highest BCUT2D eigenvalue weighted by atomic mass is 16.3. The van der Waals surface area contributed by atoms with Gasteiger partial charge in [0.05, 0.1) is 22.2 Å². The van der Waals surface area contributed by atoms with E-state index in [1.165, 1.54) is 66.8 Å². The van der Waals surface area contributed by atoms with Gasteiger partial charge in [0.15, 0.2) is 0 Å². The number of benzene rings is 24. The average molecular weight is 1860 g/mol. The van der Waals surface area contributed by atoms with Crippen LogP contribution in [0.15, 0.2) is 515 Å². The van der Waals surface area contributed by atoms with Crippen LogP contribution >= 0.6 is 0 Å². The highest BCUT2D eigenvalue weighted by Crippen LogP contribution is 2.72. The number of nitrogens with zero attached hydrogens (tertiary/aromatic N) is 4. The minimum absolute atomic E-state index is 0.811. The van der Waals surface area contributed by atoms with Crippen molar-refractivity contribution in [3.63, 3.8) is 0 Å². The molecule has 28 aromatic rings. The minimum Gasteiger partial charge on any atom is -0.456 e. The molecule has 0 unspecified atom stereocenters. The molecule has 32 rings (SSSR count). The van der Waals surface area contributed by atoms with Crippen molar-refractivity contribution >= 4 is 199 Å². The van der Waals surface area contributed by atoms with Crippen LogP contribution in [-0.4, -0.2) is 0 Å². The number of anilines is 12. The number of hydrogen-bond acceptors (Lipinski definition) is 8. The topological polar surface area (TPSA) is 65.5 Å². The Morgan fingerprint density at radius 1 is 0.151 bits per heavy atom. The van der Waals surface area contributed by atoms with E-state index in [1.807, 2.05) is 0 Å². The maximum absolute atomic E-state index is 7.68. The predicted molar refractivity (Wildman–Crippen MR) is 602 cm³/mol. The fraction of sp³-hybridized carbons (Fsp3) is 0.0145. The van der Waals surface area contributed by atoms with E-state index in [0.29, 0.717) is 0 Å². The Balaban J connectivity index is 0.616. The Labute approximate surface area is 838 Å². The van der Waals surface area contributed by atoms with E-state index < -0.39 is 10.8 Å². The lowest BCUT2D eigenvalue weighted by atomic mass is 9.69. The molecule has 4 aliphatic rings. The molecule has 2 spiro atoms. The molecule has 8 nitrogen and oxygen atoms in total.